The standard InChI is InChI=1S/C11H19N3O/c1-3-5-12-11-7-10(4-6-13-11)14-9(2)8-15/h4,6-7,9,15H,3,5,8H2,1-2H3,(H2,12,13,14). The lowest BCUT2D eigenvalue weighted by Crippen LogP contribution is -2.19. The average Bonchev–Trinajstić information content (AvgIpc) is 2.26. The summed E-state index contributed by atoms with van der Waals surface area (Å²) in [6, 6.07) is 3.90. The van der Waals surface area contributed by atoms with E-state index in [4.69, 9.17) is 5.11 Å². The number of aromatic nitrogens is 1. The summed E-state index contributed by atoms with van der Waals surface area (Å²) < 4.78 is 0. The molecule has 1 atom stereocenters. The fourth-order valence-corrected chi connectivity index (χ4v) is 1.20. The Morgan fingerprint density at radius 1 is 1.53 bits per heavy atom. The minimum absolute atomic E-state index is 0.0615. The molecule has 84 valence electrons. The first-order valence-electron chi connectivity index (χ1n) is 5.33. The molecule has 0 aliphatic carbocycles. The summed E-state index contributed by atoms with van der Waals surface area (Å²) in [6.45, 7) is 5.09. The highest BCUT2D eigenvalue weighted by Gasteiger charge is 2.00. The number of hydrogen-bond donors (Lipinski definition) is 3. The molecule has 1 aromatic heterocycles. The highest BCUT2D eigenvalue weighted by atomic mass is 16.3. The van der Waals surface area contributed by atoms with Crippen LogP contribution in [0.5, 0.6) is 0 Å². The van der Waals surface area contributed by atoms with Crippen molar-refractivity contribution in [3.63, 3.8) is 0 Å². The van der Waals surface area contributed by atoms with Gasteiger partial charge in [0, 0.05) is 30.5 Å². The molecule has 0 saturated carbocycles. The Balaban J connectivity index is 2.57. The van der Waals surface area contributed by atoms with E-state index in [-0.39, 0.29) is 12.6 Å². The molecule has 15 heavy (non-hydrogen) atoms. The van der Waals surface area contributed by atoms with Gasteiger partial charge in [-0.1, -0.05) is 6.92 Å². The normalized spacial score (nSPS) is 12.2. The second-order valence-corrected chi connectivity index (χ2v) is 3.58. The third kappa shape index (κ3) is 4.16. The first kappa shape index (κ1) is 11.8. The van der Waals surface area contributed by atoms with Gasteiger partial charge in [0.15, 0.2) is 0 Å². The number of anilines is 2. The van der Waals surface area contributed by atoms with Gasteiger partial charge in [-0.25, -0.2) is 4.98 Å². The van der Waals surface area contributed by atoms with Gasteiger partial charge < -0.3 is 15.7 Å². The van der Waals surface area contributed by atoms with Crippen molar-refractivity contribution in [1.29, 1.82) is 0 Å². The van der Waals surface area contributed by atoms with Crippen LogP contribution in [0.15, 0.2) is 18.3 Å². The highest BCUT2D eigenvalue weighted by molar-refractivity contribution is 5.52. The first-order chi connectivity index (χ1) is 7.26. The number of rotatable bonds is 6. The third-order valence-electron chi connectivity index (χ3n) is 2.00. The molecule has 0 saturated heterocycles. The molecular formula is C11H19N3O. The summed E-state index contributed by atoms with van der Waals surface area (Å²) in [7, 11) is 0. The van der Waals surface area contributed by atoms with Crippen LogP contribution in [0.3, 0.4) is 0 Å². The van der Waals surface area contributed by atoms with Crippen LogP contribution in [-0.2, 0) is 0 Å². The van der Waals surface area contributed by atoms with Crippen molar-refractivity contribution in [2.75, 3.05) is 23.8 Å². The van der Waals surface area contributed by atoms with Gasteiger partial charge in [-0.15, -0.1) is 0 Å². The van der Waals surface area contributed by atoms with Crippen molar-refractivity contribution in [2.45, 2.75) is 26.3 Å². The molecular weight excluding hydrogens is 190 g/mol. The summed E-state index contributed by atoms with van der Waals surface area (Å²) in [5, 5.41) is 15.3. The van der Waals surface area contributed by atoms with Crippen molar-refractivity contribution in [2.24, 2.45) is 0 Å². The summed E-state index contributed by atoms with van der Waals surface area (Å²) in [6.07, 6.45) is 2.83. The minimum Gasteiger partial charge on any atom is -0.394 e. The smallest absolute Gasteiger partial charge is 0.127 e. The summed E-state index contributed by atoms with van der Waals surface area (Å²) >= 11 is 0. The molecule has 3 N–H and O–H groups in total. The van der Waals surface area contributed by atoms with E-state index in [0.717, 1.165) is 24.5 Å². The van der Waals surface area contributed by atoms with Gasteiger partial charge in [-0.2, -0.15) is 0 Å². The molecule has 0 aliphatic rings. The van der Waals surface area contributed by atoms with E-state index in [2.05, 4.69) is 22.5 Å². The van der Waals surface area contributed by atoms with Crippen LogP contribution in [0.2, 0.25) is 0 Å². The minimum atomic E-state index is 0.0615. The summed E-state index contributed by atoms with van der Waals surface area (Å²) in [5.41, 5.74) is 0.977. The second kappa shape index (κ2) is 6.24. The fraction of sp³-hybridized carbons (Fsp3) is 0.545. The van der Waals surface area contributed by atoms with E-state index in [0.29, 0.717) is 0 Å². The maximum absolute atomic E-state index is 8.91. The van der Waals surface area contributed by atoms with Gasteiger partial charge >= 0.3 is 0 Å². The van der Waals surface area contributed by atoms with Gasteiger partial charge in [0.2, 0.25) is 0 Å². The van der Waals surface area contributed by atoms with E-state index in [1.165, 1.54) is 0 Å². The maximum atomic E-state index is 8.91. The Kier molecular flexibility index (Phi) is 4.90. The predicted molar refractivity (Wildman–Crippen MR) is 63.2 cm³/mol. The molecule has 1 unspecified atom stereocenters. The first-order valence-corrected chi connectivity index (χ1v) is 5.33. The van der Waals surface area contributed by atoms with Gasteiger partial charge in [0.05, 0.1) is 6.61 Å². The molecule has 0 aliphatic heterocycles. The van der Waals surface area contributed by atoms with Crippen LogP contribution in [0.1, 0.15) is 20.3 Å². The lowest BCUT2D eigenvalue weighted by atomic mass is 10.3. The molecule has 4 nitrogen and oxygen atoms in total. The van der Waals surface area contributed by atoms with Gasteiger partial charge in [-0.05, 0) is 19.4 Å². The number of pyridine rings is 1. The SMILES string of the molecule is CCCNc1cc(NC(C)CO)ccn1. The maximum Gasteiger partial charge on any atom is 0.127 e. The summed E-state index contributed by atoms with van der Waals surface area (Å²) in [4.78, 5) is 4.20. The number of aliphatic hydroxyl groups excluding tert-OH is 1. The zero-order chi connectivity index (χ0) is 11.1. The third-order valence-corrected chi connectivity index (χ3v) is 2.00. The highest BCUT2D eigenvalue weighted by Crippen LogP contribution is 2.12. The zero-order valence-corrected chi connectivity index (χ0v) is 9.33. The van der Waals surface area contributed by atoms with Crippen LogP contribution in [-0.4, -0.2) is 29.3 Å². The van der Waals surface area contributed by atoms with Crippen LogP contribution >= 0.6 is 0 Å². The second-order valence-electron chi connectivity index (χ2n) is 3.58. The molecule has 1 rings (SSSR count). The van der Waals surface area contributed by atoms with Crippen molar-refractivity contribution in [1.82, 2.24) is 4.98 Å². The van der Waals surface area contributed by atoms with E-state index in [1.54, 1.807) is 6.20 Å². The lowest BCUT2D eigenvalue weighted by Gasteiger charge is -2.13. The van der Waals surface area contributed by atoms with Crippen molar-refractivity contribution < 1.29 is 5.11 Å². The van der Waals surface area contributed by atoms with E-state index < -0.39 is 0 Å². The van der Waals surface area contributed by atoms with E-state index in [1.807, 2.05) is 19.1 Å². The number of nitrogens with one attached hydrogen (secondary N) is 2. The number of nitrogens with zero attached hydrogens (tertiary/aromatic N) is 1. The zero-order valence-electron chi connectivity index (χ0n) is 9.33. The molecule has 0 bridgehead atoms. The van der Waals surface area contributed by atoms with Crippen LogP contribution in [0, 0.1) is 0 Å². The Hall–Kier alpha value is -1.29. The largest absolute Gasteiger partial charge is 0.394 e. The van der Waals surface area contributed by atoms with Crippen LogP contribution in [0.25, 0.3) is 0 Å². The Bertz CT molecular complexity index is 291. The molecule has 0 spiro atoms. The Labute approximate surface area is 90.7 Å². The molecule has 1 aromatic rings. The average molecular weight is 209 g/mol. The lowest BCUT2D eigenvalue weighted by molar-refractivity contribution is 0.281. The van der Waals surface area contributed by atoms with Crippen molar-refractivity contribution >= 4 is 11.5 Å². The van der Waals surface area contributed by atoms with Crippen LogP contribution < -0.4 is 10.6 Å². The van der Waals surface area contributed by atoms with Crippen LogP contribution in [0.4, 0.5) is 11.5 Å². The molecule has 0 radical (unpaired) electrons. The summed E-state index contributed by atoms with van der Waals surface area (Å²) in [5.74, 6) is 0.868. The molecule has 0 amide bonds. The predicted octanol–water partition coefficient (Wildman–Crippen LogP) is 1.70. The van der Waals surface area contributed by atoms with Gasteiger partial charge in [-0.3, -0.25) is 0 Å². The number of hydrogen-bond acceptors (Lipinski definition) is 4. The Morgan fingerprint density at radius 2 is 2.33 bits per heavy atom. The topological polar surface area (TPSA) is 57.2 Å². The van der Waals surface area contributed by atoms with Crippen molar-refractivity contribution in [3.05, 3.63) is 18.3 Å². The monoisotopic (exact) mass is 209 g/mol. The Morgan fingerprint density at radius 3 is 3.00 bits per heavy atom. The van der Waals surface area contributed by atoms with Crippen molar-refractivity contribution in [3.8, 4) is 0 Å². The quantitative estimate of drug-likeness (QED) is 0.667. The molecule has 4 heteroatoms. The fourth-order valence-electron chi connectivity index (χ4n) is 1.20. The van der Waals surface area contributed by atoms with Gasteiger partial charge in [0.1, 0.15) is 5.82 Å². The van der Waals surface area contributed by atoms with E-state index >= 15 is 0 Å². The number of aliphatic hydroxyl groups is 1. The van der Waals surface area contributed by atoms with E-state index in [9.17, 15) is 0 Å². The van der Waals surface area contributed by atoms with Gasteiger partial charge in [0.25, 0.3) is 0 Å². The molecule has 0 aromatic carbocycles. The molecule has 1 heterocycles. The molecule has 0 fully saturated rings.